The van der Waals surface area contributed by atoms with Crippen molar-refractivity contribution < 1.29 is 22.7 Å². The lowest BCUT2D eigenvalue weighted by atomic mass is 10.2. The highest BCUT2D eigenvalue weighted by molar-refractivity contribution is 7.92. The number of hydrogen-bond donors (Lipinski definition) is 2. The Morgan fingerprint density at radius 2 is 1.95 bits per heavy atom. The number of aliphatic hydroxyl groups excluding tert-OH is 1. The Morgan fingerprint density at radius 3 is 2.57 bits per heavy atom. The highest BCUT2D eigenvalue weighted by Gasteiger charge is 2.21. The summed E-state index contributed by atoms with van der Waals surface area (Å²) in [5.74, 6) is -0.600. The maximum atomic E-state index is 13.5. The molecule has 0 atom stereocenters. The molecule has 2 aromatic carbocycles. The van der Waals surface area contributed by atoms with Gasteiger partial charge in [0.2, 0.25) is 0 Å². The van der Waals surface area contributed by atoms with Crippen LogP contribution in [0.25, 0.3) is 0 Å². The van der Waals surface area contributed by atoms with Gasteiger partial charge in [-0.2, -0.15) is 0 Å². The molecule has 0 unspecified atom stereocenters. The van der Waals surface area contributed by atoms with E-state index in [2.05, 4.69) is 4.72 Å². The number of ether oxygens (including phenoxy) is 1. The number of anilines is 1. The monoisotopic (exact) mass is 311 g/mol. The molecule has 0 aliphatic carbocycles. The van der Waals surface area contributed by atoms with Gasteiger partial charge in [-0.1, -0.05) is 18.2 Å². The van der Waals surface area contributed by atoms with Crippen LogP contribution in [0.2, 0.25) is 0 Å². The van der Waals surface area contributed by atoms with Gasteiger partial charge in [-0.25, -0.2) is 12.8 Å². The van der Waals surface area contributed by atoms with Crippen LogP contribution in [0.3, 0.4) is 0 Å². The highest BCUT2D eigenvalue weighted by atomic mass is 32.2. The minimum Gasteiger partial charge on any atom is -0.495 e. The van der Waals surface area contributed by atoms with E-state index in [-0.39, 0.29) is 22.9 Å². The minimum absolute atomic E-state index is 0.0744. The van der Waals surface area contributed by atoms with Crippen molar-refractivity contribution in [2.75, 3.05) is 11.8 Å². The molecule has 0 bridgehead atoms. The topological polar surface area (TPSA) is 75.6 Å². The number of benzene rings is 2. The van der Waals surface area contributed by atoms with Crippen molar-refractivity contribution >= 4 is 15.7 Å². The van der Waals surface area contributed by atoms with E-state index < -0.39 is 15.8 Å². The number of para-hydroxylation sites is 1. The first-order valence-electron chi connectivity index (χ1n) is 6.03. The van der Waals surface area contributed by atoms with Gasteiger partial charge < -0.3 is 9.84 Å². The predicted molar refractivity (Wildman–Crippen MR) is 76.1 cm³/mol. The molecule has 0 heterocycles. The smallest absolute Gasteiger partial charge is 0.265 e. The summed E-state index contributed by atoms with van der Waals surface area (Å²) in [6.07, 6.45) is 0. The normalized spacial score (nSPS) is 11.2. The number of nitrogens with one attached hydrogen (secondary N) is 1. The molecule has 2 aromatic rings. The van der Waals surface area contributed by atoms with Crippen LogP contribution in [0, 0.1) is 5.82 Å². The lowest BCUT2D eigenvalue weighted by molar-refractivity contribution is 0.280. The van der Waals surface area contributed by atoms with Gasteiger partial charge in [-0.3, -0.25) is 4.72 Å². The average molecular weight is 311 g/mol. The number of sulfonamides is 1. The number of rotatable bonds is 5. The Balaban J connectivity index is 2.42. The molecule has 0 fully saturated rings. The first kappa shape index (κ1) is 15.3. The standard InChI is InChI=1S/C14H14FNO4S/c1-20-13-8-10(9-17)6-7-14(13)21(18,19)16-12-5-3-2-4-11(12)15/h2-8,16-17H,9H2,1H3. The van der Waals surface area contributed by atoms with E-state index in [1.807, 2.05) is 0 Å². The lowest BCUT2D eigenvalue weighted by Gasteiger charge is -2.12. The van der Waals surface area contributed by atoms with Crippen molar-refractivity contribution in [1.82, 2.24) is 0 Å². The van der Waals surface area contributed by atoms with Gasteiger partial charge >= 0.3 is 0 Å². The molecule has 0 saturated heterocycles. The maximum absolute atomic E-state index is 13.5. The summed E-state index contributed by atoms with van der Waals surface area (Å²) in [5.41, 5.74) is 0.363. The zero-order chi connectivity index (χ0) is 15.5. The number of methoxy groups -OCH3 is 1. The summed E-state index contributed by atoms with van der Waals surface area (Å²) in [5, 5.41) is 9.05. The van der Waals surface area contributed by atoms with E-state index in [0.717, 1.165) is 6.07 Å². The SMILES string of the molecule is COc1cc(CO)ccc1S(=O)(=O)Nc1ccccc1F. The molecule has 7 heteroatoms. The van der Waals surface area contributed by atoms with Crippen molar-refractivity contribution in [3.05, 3.63) is 53.8 Å². The van der Waals surface area contributed by atoms with Crippen LogP contribution in [0.5, 0.6) is 5.75 Å². The third kappa shape index (κ3) is 3.32. The van der Waals surface area contributed by atoms with E-state index >= 15 is 0 Å². The Bertz CT molecular complexity index is 746. The van der Waals surface area contributed by atoms with E-state index in [1.54, 1.807) is 0 Å². The molecule has 0 spiro atoms. The molecule has 5 nitrogen and oxygen atoms in total. The second kappa shape index (κ2) is 6.11. The fraction of sp³-hybridized carbons (Fsp3) is 0.143. The van der Waals surface area contributed by atoms with Crippen LogP contribution in [-0.2, 0) is 16.6 Å². The molecule has 0 radical (unpaired) electrons. The average Bonchev–Trinajstić information content (AvgIpc) is 2.48. The quantitative estimate of drug-likeness (QED) is 0.887. The van der Waals surface area contributed by atoms with Crippen molar-refractivity contribution in [3.8, 4) is 5.75 Å². The fourth-order valence-corrected chi connectivity index (χ4v) is 3.00. The van der Waals surface area contributed by atoms with Crippen LogP contribution in [0.15, 0.2) is 47.4 Å². The van der Waals surface area contributed by atoms with Crippen LogP contribution in [0.1, 0.15) is 5.56 Å². The minimum atomic E-state index is -4.00. The largest absolute Gasteiger partial charge is 0.495 e. The molecule has 2 N–H and O–H groups in total. The predicted octanol–water partition coefficient (Wildman–Crippen LogP) is 2.13. The van der Waals surface area contributed by atoms with Crippen molar-refractivity contribution in [2.24, 2.45) is 0 Å². The second-order valence-corrected chi connectivity index (χ2v) is 5.88. The Hall–Kier alpha value is -2.12. The second-order valence-electron chi connectivity index (χ2n) is 4.23. The van der Waals surface area contributed by atoms with E-state index in [1.165, 1.54) is 43.5 Å². The third-order valence-corrected chi connectivity index (χ3v) is 4.22. The van der Waals surface area contributed by atoms with Crippen molar-refractivity contribution in [2.45, 2.75) is 11.5 Å². The van der Waals surface area contributed by atoms with Gasteiger partial charge in [0.15, 0.2) is 0 Å². The van der Waals surface area contributed by atoms with Crippen LogP contribution in [0.4, 0.5) is 10.1 Å². The first-order chi connectivity index (χ1) is 9.97. The Kier molecular flexibility index (Phi) is 4.44. The highest BCUT2D eigenvalue weighted by Crippen LogP contribution is 2.27. The molecule has 0 aliphatic rings. The summed E-state index contributed by atoms with van der Waals surface area (Å²) >= 11 is 0. The number of hydrogen-bond acceptors (Lipinski definition) is 4. The van der Waals surface area contributed by atoms with Crippen molar-refractivity contribution in [1.29, 1.82) is 0 Å². The van der Waals surface area contributed by atoms with Crippen LogP contribution < -0.4 is 9.46 Å². The summed E-state index contributed by atoms with van der Waals surface area (Å²) in [4.78, 5) is -0.134. The molecule has 112 valence electrons. The van der Waals surface area contributed by atoms with Crippen LogP contribution >= 0.6 is 0 Å². The van der Waals surface area contributed by atoms with Gasteiger partial charge in [-0.05, 0) is 29.8 Å². The summed E-state index contributed by atoms with van der Waals surface area (Å²) in [6, 6.07) is 9.63. The molecule has 0 aliphatic heterocycles. The molecular weight excluding hydrogens is 297 g/mol. The maximum Gasteiger partial charge on any atom is 0.265 e. The number of aliphatic hydroxyl groups is 1. The Morgan fingerprint density at radius 1 is 1.24 bits per heavy atom. The molecule has 21 heavy (non-hydrogen) atoms. The van der Waals surface area contributed by atoms with Gasteiger partial charge in [0.05, 0.1) is 19.4 Å². The van der Waals surface area contributed by atoms with E-state index in [4.69, 9.17) is 9.84 Å². The molecule has 0 saturated carbocycles. The molecule has 0 amide bonds. The molecular formula is C14H14FNO4S. The molecule has 0 aromatic heterocycles. The lowest BCUT2D eigenvalue weighted by Crippen LogP contribution is -2.15. The summed E-state index contributed by atoms with van der Waals surface area (Å²) < 4.78 is 45.4. The van der Waals surface area contributed by atoms with Crippen molar-refractivity contribution in [3.63, 3.8) is 0 Å². The van der Waals surface area contributed by atoms with Gasteiger partial charge in [0.25, 0.3) is 10.0 Å². The zero-order valence-corrected chi connectivity index (χ0v) is 12.0. The van der Waals surface area contributed by atoms with Gasteiger partial charge in [0.1, 0.15) is 16.5 Å². The van der Waals surface area contributed by atoms with Gasteiger partial charge in [0, 0.05) is 0 Å². The Labute approximate surface area is 122 Å². The molecule has 2 rings (SSSR count). The third-order valence-electron chi connectivity index (χ3n) is 2.82. The zero-order valence-electron chi connectivity index (χ0n) is 11.2. The summed E-state index contributed by atoms with van der Waals surface area (Å²) in [6.45, 7) is -0.239. The van der Waals surface area contributed by atoms with E-state index in [9.17, 15) is 12.8 Å². The fourth-order valence-electron chi connectivity index (χ4n) is 1.78. The van der Waals surface area contributed by atoms with E-state index in [0.29, 0.717) is 5.56 Å². The summed E-state index contributed by atoms with van der Waals surface area (Å²) in [7, 11) is -2.68. The number of halogens is 1. The van der Waals surface area contributed by atoms with Gasteiger partial charge in [-0.15, -0.1) is 0 Å². The first-order valence-corrected chi connectivity index (χ1v) is 7.51. The van der Waals surface area contributed by atoms with Crippen LogP contribution in [-0.4, -0.2) is 20.6 Å².